The van der Waals surface area contributed by atoms with Crippen LogP contribution >= 0.6 is 0 Å². The van der Waals surface area contributed by atoms with Crippen LogP contribution in [0.15, 0.2) is 0 Å². The molecular formula is C9H18O6. The number of hydrogen-bond acceptors (Lipinski definition) is 6. The second-order valence-electron chi connectivity index (χ2n) is 3.93. The Morgan fingerprint density at radius 3 is 2.53 bits per heavy atom. The topological polar surface area (TPSA) is 99.4 Å². The molecule has 0 radical (unpaired) electrons. The van der Waals surface area contributed by atoms with E-state index in [1.165, 1.54) is 7.11 Å². The van der Waals surface area contributed by atoms with Crippen molar-refractivity contribution in [3.05, 3.63) is 0 Å². The van der Waals surface area contributed by atoms with Crippen LogP contribution in [0.4, 0.5) is 0 Å². The lowest BCUT2D eigenvalue weighted by molar-refractivity contribution is -0.223. The number of rotatable bonds is 4. The highest BCUT2D eigenvalue weighted by molar-refractivity contribution is 4.91. The summed E-state index contributed by atoms with van der Waals surface area (Å²) >= 11 is 0. The summed E-state index contributed by atoms with van der Waals surface area (Å²) < 4.78 is 10.3. The third-order valence-electron chi connectivity index (χ3n) is 2.69. The number of methoxy groups -OCH3 is 1. The lowest BCUT2D eigenvalue weighted by atomic mass is 10.0. The third kappa shape index (κ3) is 2.66. The van der Waals surface area contributed by atoms with Gasteiger partial charge in [-0.2, -0.15) is 0 Å². The van der Waals surface area contributed by atoms with Gasteiger partial charge in [-0.15, -0.1) is 0 Å². The normalized spacial score (nSPS) is 40.4. The van der Waals surface area contributed by atoms with Gasteiger partial charge >= 0.3 is 0 Å². The Morgan fingerprint density at radius 1 is 1.53 bits per heavy atom. The molecule has 6 heteroatoms. The van der Waals surface area contributed by atoms with E-state index in [4.69, 9.17) is 14.6 Å². The van der Waals surface area contributed by atoms with Gasteiger partial charge in [-0.25, -0.2) is 0 Å². The zero-order valence-corrected chi connectivity index (χ0v) is 8.83. The molecule has 0 spiro atoms. The van der Waals surface area contributed by atoms with Crippen molar-refractivity contribution in [2.45, 2.75) is 43.5 Å². The van der Waals surface area contributed by atoms with Crippen LogP contribution < -0.4 is 0 Å². The van der Waals surface area contributed by atoms with Crippen LogP contribution in [0.25, 0.3) is 0 Å². The minimum atomic E-state index is -1.33. The highest BCUT2D eigenvalue weighted by Crippen LogP contribution is 2.33. The monoisotopic (exact) mass is 222 g/mol. The van der Waals surface area contributed by atoms with E-state index in [0.29, 0.717) is 0 Å². The first kappa shape index (κ1) is 12.8. The third-order valence-corrected chi connectivity index (χ3v) is 2.69. The Balaban J connectivity index is 2.64. The molecule has 1 aliphatic heterocycles. The van der Waals surface area contributed by atoms with Crippen molar-refractivity contribution in [3.8, 4) is 0 Å². The zero-order chi connectivity index (χ0) is 11.6. The quantitative estimate of drug-likeness (QED) is 0.448. The van der Waals surface area contributed by atoms with Crippen LogP contribution in [-0.4, -0.2) is 64.3 Å². The molecule has 0 bridgehead atoms. The molecular weight excluding hydrogens is 204 g/mol. The van der Waals surface area contributed by atoms with Gasteiger partial charge in [0.2, 0.25) is 0 Å². The average Bonchev–Trinajstić information content (AvgIpc) is 2.53. The number of aliphatic hydroxyl groups is 4. The van der Waals surface area contributed by atoms with Crippen molar-refractivity contribution in [1.29, 1.82) is 0 Å². The van der Waals surface area contributed by atoms with Crippen molar-refractivity contribution >= 4 is 0 Å². The van der Waals surface area contributed by atoms with Gasteiger partial charge < -0.3 is 29.9 Å². The standard InChI is InChI=1S/C9H18O6/c1-9(14-2)3-5(11)8(15-9)7(13)6(12)4-10/h5-8,10-13H,3-4H2,1-2H3/t5-,6-,7-,8-,9?/m1/s1. The summed E-state index contributed by atoms with van der Waals surface area (Å²) in [6.45, 7) is 1.05. The van der Waals surface area contributed by atoms with E-state index in [1.54, 1.807) is 6.92 Å². The molecule has 0 amide bonds. The maximum absolute atomic E-state index is 9.61. The SMILES string of the molecule is COC1(C)C[C@@H](O)[C@H]([C@H](O)[C@H](O)CO)O1. The predicted molar refractivity (Wildman–Crippen MR) is 50.0 cm³/mol. The molecule has 4 N–H and O–H groups in total. The van der Waals surface area contributed by atoms with E-state index >= 15 is 0 Å². The fourth-order valence-electron chi connectivity index (χ4n) is 1.67. The molecule has 6 nitrogen and oxygen atoms in total. The largest absolute Gasteiger partial charge is 0.394 e. The minimum Gasteiger partial charge on any atom is -0.394 e. The summed E-state index contributed by atoms with van der Waals surface area (Å²) in [4.78, 5) is 0. The summed E-state index contributed by atoms with van der Waals surface area (Å²) in [5.74, 6) is -0.958. The van der Waals surface area contributed by atoms with Crippen LogP contribution in [0, 0.1) is 0 Å². The minimum absolute atomic E-state index is 0.212. The Kier molecular flexibility index (Phi) is 4.05. The van der Waals surface area contributed by atoms with E-state index in [9.17, 15) is 15.3 Å². The van der Waals surface area contributed by atoms with Gasteiger partial charge in [-0.05, 0) is 6.92 Å². The van der Waals surface area contributed by atoms with Crippen molar-refractivity contribution in [1.82, 2.24) is 0 Å². The molecule has 90 valence electrons. The molecule has 1 aliphatic rings. The lowest BCUT2D eigenvalue weighted by Crippen LogP contribution is -2.44. The van der Waals surface area contributed by atoms with Gasteiger partial charge in [0, 0.05) is 13.5 Å². The first-order chi connectivity index (χ1) is 6.93. The van der Waals surface area contributed by atoms with Crippen molar-refractivity contribution in [2.75, 3.05) is 13.7 Å². The maximum Gasteiger partial charge on any atom is 0.168 e. The number of ether oxygens (including phenoxy) is 2. The van der Waals surface area contributed by atoms with Crippen LogP contribution in [-0.2, 0) is 9.47 Å². The summed E-state index contributed by atoms with van der Waals surface area (Å²) in [6, 6.07) is 0. The first-order valence-corrected chi connectivity index (χ1v) is 4.81. The second kappa shape index (κ2) is 4.73. The summed E-state index contributed by atoms with van der Waals surface area (Å²) in [5, 5.41) is 37.1. The van der Waals surface area contributed by atoms with Crippen molar-refractivity contribution in [2.24, 2.45) is 0 Å². The highest BCUT2D eigenvalue weighted by Gasteiger charge is 2.47. The van der Waals surface area contributed by atoms with Gasteiger partial charge in [0.15, 0.2) is 5.79 Å². The molecule has 0 saturated carbocycles. The van der Waals surface area contributed by atoms with Gasteiger partial charge in [0.1, 0.15) is 18.3 Å². The average molecular weight is 222 g/mol. The molecule has 1 unspecified atom stereocenters. The Hall–Kier alpha value is -0.240. The molecule has 0 aliphatic carbocycles. The van der Waals surface area contributed by atoms with E-state index in [0.717, 1.165) is 0 Å². The lowest BCUT2D eigenvalue weighted by Gasteiger charge is -2.26. The maximum atomic E-state index is 9.61. The van der Waals surface area contributed by atoms with Crippen LogP contribution in [0.5, 0.6) is 0 Å². The summed E-state index contributed by atoms with van der Waals surface area (Å²) in [7, 11) is 1.43. The molecule has 1 fully saturated rings. The fraction of sp³-hybridized carbons (Fsp3) is 1.00. The van der Waals surface area contributed by atoms with E-state index in [2.05, 4.69) is 0 Å². The molecule has 15 heavy (non-hydrogen) atoms. The van der Waals surface area contributed by atoms with E-state index in [-0.39, 0.29) is 6.42 Å². The Morgan fingerprint density at radius 2 is 2.13 bits per heavy atom. The zero-order valence-electron chi connectivity index (χ0n) is 8.83. The molecule has 0 aromatic carbocycles. The molecule has 1 rings (SSSR count). The summed E-state index contributed by atoms with van der Waals surface area (Å²) in [6.07, 6.45) is -4.32. The smallest absolute Gasteiger partial charge is 0.168 e. The molecule has 1 heterocycles. The first-order valence-electron chi connectivity index (χ1n) is 4.81. The fourth-order valence-corrected chi connectivity index (χ4v) is 1.67. The van der Waals surface area contributed by atoms with E-state index in [1.807, 2.05) is 0 Å². The van der Waals surface area contributed by atoms with Gasteiger partial charge in [-0.3, -0.25) is 0 Å². The van der Waals surface area contributed by atoms with Gasteiger partial charge in [0.05, 0.1) is 12.7 Å². The second-order valence-corrected chi connectivity index (χ2v) is 3.93. The predicted octanol–water partition coefficient (Wildman–Crippen LogP) is -1.79. The van der Waals surface area contributed by atoms with E-state index < -0.39 is 36.8 Å². The van der Waals surface area contributed by atoms with Crippen LogP contribution in [0.2, 0.25) is 0 Å². The molecule has 1 saturated heterocycles. The van der Waals surface area contributed by atoms with Crippen LogP contribution in [0.1, 0.15) is 13.3 Å². The van der Waals surface area contributed by atoms with Crippen molar-refractivity contribution < 1.29 is 29.9 Å². The molecule has 0 aromatic heterocycles. The van der Waals surface area contributed by atoms with Gasteiger partial charge in [0.25, 0.3) is 0 Å². The number of hydrogen-bond donors (Lipinski definition) is 4. The molecule has 5 atom stereocenters. The number of aliphatic hydroxyl groups excluding tert-OH is 4. The van der Waals surface area contributed by atoms with Gasteiger partial charge in [-0.1, -0.05) is 0 Å². The highest BCUT2D eigenvalue weighted by atomic mass is 16.7. The Bertz CT molecular complexity index is 211. The summed E-state index contributed by atoms with van der Waals surface area (Å²) in [5.41, 5.74) is 0. The Labute approximate surface area is 88.1 Å². The van der Waals surface area contributed by atoms with Crippen LogP contribution in [0.3, 0.4) is 0 Å². The van der Waals surface area contributed by atoms with Crippen molar-refractivity contribution in [3.63, 3.8) is 0 Å². The molecule has 0 aromatic rings.